The van der Waals surface area contributed by atoms with E-state index in [-0.39, 0.29) is 5.75 Å². The van der Waals surface area contributed by atoms with Gasteiger partial charge in [-0.2, -0.15) is 17.7 Å². The molecule has 0 aromatic carbocycles. The zero-order valence-corrected chi connectivity index (χ0v) is 14.1. The molecule has 1 aliphatic heterocycles. The molecular formula is C13H22N4O6S. The number of hydroxylamine groups is 2. The first-order valence-electron chi connectivity index (χ1n) is 7.33. The van der Waals surface area contributed by atoms with E-state index in [1.165, 1.54) is 12.2 Å². The molecule has 0 radical (unpaired) electrons. The van der Waals surface area contributed by atoms with Crippen LogP contribution in [0.5, 0.6) is 0 Å². The van der Waals surface area contributed by atoms with E-state index in [1.54, 1.807) is 0 Å². The van der Waals surface area contributed by atoms with Crippen LogP contribution in [0, 0.1) is 0 Å². The van der Waals surface area contributed by atoms with E-state index in [1.807, 2.05) is 0 Å². The van der Waals surface area contributed by atoms with Crippen LogP contribution >= 0.6 is 12.6 Å². The van der Waals surface area contributed by atoms with Gasteiger partial charge in [-0.3, -0.25) is 14.4 Å². The van der Waals surface area contributed by atoms with Crippen molar-refractivity contribution in [2.24, 2.45) is 5.73 Å². The number of carbonyl (C=O) groups is 4. The third-order valence-electron chi connectivity index (χ3n) is 3.58. The summed E-state index contributed by atoms with van der Waals surface area (Å²) in [6.07, 6.45) is 0.842. The maximum atomic E-state index is 12.3. The van der Waals surface area contributed by atoms with Crippen LogP contribution in [-0.4, -0.2) is 71.4 Å². The Morgan fingerprint density at radius 3 is 2.50 bits per heavy atom. The molecular weight excluding hydrogens is 340 g/mol. The van der Waals surface area contributed by atoms with Crippen molar-refractivity contribution in [2.45, 2.75) is 37.4 Å². The number of aliphatic carboxylic acids is 1. The van der Waals surface area contributed by atoms with Crippen LogP contribution in [0.15, 0.2) is 0 Å². The molecule has 0 aromatic heterocycles. The fraction of sp³-hybridized carbons (Fsp3) is 0.692. The van der Waals surface area contributed by atoms with Crippen molar-refractivity contribution in [1.82, 2.24) is 15.7 Å². The smallest absolute Gasteiger partial charge is 0.327 e. The number of carboxylic acids is 1. The number of nitrogens with zero attached hydrogens (tertiary/aromatic N) is 1. The van der Waals surface area contributed by atoms with Gasteiger partial charge in [0, 0.05) is 12.3 Å². The first-order chi connectivity index (χ1) is 11.3. The molecule has 0 aliphatic carbocycles. The van der Waals surface area contributed by atoms with Crippen LogP contribution in [0.25, 0.3) is 0 Å². The second-order valence-electron chi connectivity index (χ2n) is 5.29. The summed E-state index contributed by atoms with van der Waals surface area (Å²) < 4.78 is 0. The second-order valence-corrected chi connectivity index (χ2v) is 5.66. The van der Waals surface area contributed by atoms with E-state index in [2.05, 4.69) is 23.3 Å². The van der Waals surface area contributed by atoms with Gasteiger partial charge in [-0.05, 0) is 12.8 Å². The molecule has 1 rings (SSSR count). The van der Waals surface area contributed by atoms with E-state index >= 15 is 0 Å². The van der Waals surface area contributed by atoms with Gasteiger partial charge < -0.3 is 26.3 Å². The predicted molar refractivity (Wildman–Crippen MR) is 85.9 cm³/mol. The molecule has 3 amide bonds. The highest BCUT2D eigenvalue weighted by atomic mass is 32.1. The summed E-state index contributed by atoms with van der Waals surface area (Å²) in [4.78, 5) is 51.7. The largest absolute Gasteiger partial charge is 0.480 e. The molecule has 0 saturated carbocycles. The lowest BCUT2D eigenvalue weighted by Gasteiger charge is -2.24. The van der Waals surface area contributed by atoms with Crippen LogP contribution < -0.4 is 16.4 Å². The Kier molecular flexibility index (Phi) is 7.95. The Morgan fingerprint density at radius 1 is 1.33 bits per heavy atom. The zero-order valence-electron chi connectivity index (χ0n) is 13.2. The van der Waals surface area contributed by atoms with Gasteiger partial charge in [0.1, 0.15) is 18.1 Å². The van der Waals surface area contributed by atoms with Gasteiger partial charge in [0.2, 0.25) is 17.7 Å². The standard InChI is InChI=1S/C13H22N4O6S/c1-23-17-4-2-3-9(17)12(20)15-7(5-10(14)18)11(19)16-8(6-24)13(21)22/h7-9,24H,2-6H2,1H3,(H2,14,18)(H,15,20)(H,16,19)(H,21,22)/t7-,8-,9-/m0/s1. The molecule has 1 aliphatic rings. The van der Waals surface area contributed by atoms with Gasteiger partial charge in [0.05, 0.1) is 13.5 Å². The van der Waals surface area contributed by atoms with E-state index in [9.17, 15) is 19.2 Å². The number of amides is 3. The minimum atomic E-state index is -1.27. The molecule has 3 atom stereocenters. The molecule has 1 saturated heterocycles. The lowest BCUT2D eigenvalue weighted by Crippen LogP contribution is -2.56. The molecule has 10 nitrogen and oxygen atoms in total. The van der Waals surface area contributed by atoms with Crippen molar-refractivity contribution in [2.75, 3.05) is 19.4 Å². The summed E-state index contributed by atoms with van der Waals surface area (Å²) in [5.74, 6) is -3.52. The van der Waals surface area contributed by atoms with Crippen LogP contribution in [0.2, 0.25) is 0 Å². The summed E-state index contributed by atoms with van der Waals surface area (Å²) in [5, 5.41) is 15.1. The summed E-state index contributed by atoms with van der Waals surface area (Å²) in [7, 11) is 1.43. The number of nitrogens with one attached hydrogen (secondary N) is 2. The number of hydrogen-bond donors (Lipinski definition) is 5. The Balaban J connectivity index is 2.77. The first kappa shape index (κ1) is 20.2. The van der Waals surface area contributed by atoms with E-state index in [0.717, 1.165) is 6.42 Å². The maximum Gasteiger partial charge on any atom is 0.327 e. The summed E-state index contributed by atoms with van der Waals surface area (Å²) in [5.41, 5.74) is 5.10. The topological polar surface area (TPSA) is 151 Å². The van der Waals surface area contributed by atoms with E-state index < -0.39 is 48.2 Å². The van der Waals surface area contributed by atoms with Crippen molar-refractivity contribution in [3.05, 3.63) is 0 Å². The molecule has 24 heavy (non-hydrogen) atoms. The number of nitrogens with two attached hydrogens (primary N) is 1. The number of carboxylic acid groups (broad SMARTS) is 1. The SMILES string of the molecule is CON1CCC[C@H]1C(=O)N[C@@H](CC(N)=O)C(=O)N[C@@H](CS)C(=O)O. The fourth-order valence-electron chi connectivity index (χ4n) is 2.36. The Labute approximate surface area is 144 Å². The normalized spacial score (nSPS) is 20.2. The van der Waals surface area contributed by atoms with Gasteiger partial charge in [-0.25, -0.2) is 4.79 Å². The molecule has 0 aromatic rings. The van der Waals surface area contributed by atoms with Gasteiger partial charge in [0.25, 0.3) is 0 Å². The third-order valence-corrected chi connectivity index (χ3v) is 3.94. The number of hydrogen-bond acceptors (Lipinski definition) is 7. The van der Waals surface area contributed by atoms with Crippen LogP contribution in [0.3, 0.4) is 0 Å². The van der Waals surface area contributed by atoms with Crippen LogP contribution in [0.4, 0.5) is 0 Å². The molecule has 0 unspecified atom stereocenters. The van der Waals surface area contributed by atoms with Crippen LogP contribution in [-0.2, 0) is 24.0 Å². The Hall–Kier alpha value is -1.85. The Morgan fingerprint density at radius 2 is 2.00 bits per heavy atom. The van der Waals surface area contributed by atoms with Crippen molar-refractivity contribution in [3.8, 4) is 0 Å². The zero-order chi connectivity index (χ0) is 18.3. The van der Waals surface area contributed by atoms with Gasteiger partial charge >= 0.3 is 5.97 Å². The van der Waals surface area contributed by atoms with Crippen molar-refractivity contribution in [1.29, 1.82) is 0 Å². The highest BCUT2D eigenvalue weighted by molar-refractivity contribution is 7.80. The lowest BCUT2D eigenvalue weighted by molar-refractivity contribution is -0.161. The first-order valence-corrected chi connectivity index (χ1v) is 7.96. The highest BCUT2D eigenvalue weighted by Crippen LogP contribution is 2.17. The molecule has 136 valence electrons. The summed E-state index contributed by atoms with van der Waals surface area (Å²) in [6, 6.07) is -3.09. The van der Waals surface area contributed by atoms with E-state index in [4.69, 9.17) is 15.7 Å². The van der Waals surface area contributed by atoms with Crippen molar-refractivity contribution >= 4 is 36.3 Å². The molecule has 0 bridgehead atoms. The molecule has 1 heterocycles. The predicted octanol–water partition coefficient (Wildman–Crippen LogP) is -2.13. The maximum absolute atomic E-state index is 12.3. The second kappa shape index (κ2) is 9.45. The van der Waals surface area contributed by atoms with Crippen molar-refractivity contribution < 1.29 is 29.1 Å². The van der Waals surface area contributed by atoms with Crippen LogP contribution in [0.1, 0.15) is 19.3 Å². The lowest BCUT2D eigenvalue weighted by atomic mass is 10.1. The summed E-state index contributed by atoms with van der Waals surface area (Å²) in [6.45, 7) is 0.571. The number of thiol groups is 1. The highest BCUT2D eigenvalue weighted by Gasteiger charge is 2.34. The summed E-state index contributed by atoms with van der Waals surface area (Å²) >= 11 is 3.84. The average Bonchev–Trinajstić information content (AvgIpc) is 2.99. The molecule has 1 fully saturated rings. The fourth-order valence-corrected chi connectivity index (χ4v) is 2.60. The number of rotatable bonds is 9. The third kappa shape index (κ3) is 5.65. The quantitative estimate of drug-likeness (QED) is 0.294. The monoisotopic (exact) mass is 362 g/mol. The number of primary amides is 1. The Bertz CT molecular complexity index is 503. The molecule has 5 N–H and O–H groups in total. The molecule has 11 heteroatoms. The average molecular weight is 362 g/mol. The number of carbonyl (C=O) groups excluding carboxylic acids is 3. The minimum Gasteiger partial charge on any atom is -0.480 e. The van der Waals surface area contributed by atoms with Gasteiger partial charge in [0.15, 0.2) is 0 Å². The van der Waals surface area contributed by atoms with Gasteiger partial charge in [-0.15, -0.1) is 0 Å². The van der Waals surface area contributed by atoms with Gasteiger partial charge in [-0.1, -0.05) is 0 Å². The van der Waals surface area contributed by atoms with E-state index in [0.29, 0.717) is 13.0 Å². The van der Waals surface area contributed by atoms with Crippen molar-refractivity contribution in [3.63, 3.8) is 0 Å². The molecule has 0 spiro atoms. The minimum absolute atomic E-state index is 0.140.